The van der Waals surface area contributed by atoms with Crippen molar-refractivity contribution in [3.63, 3.8) is 0 Å². The first-order valence-electron chi connectivity index (χ1n) is 8.73. The van der Waals surface area contributed by atoms with E-state index in [4.69, 9.17) is 5.11 Å². The Morgan fingerprint density at radius 1 is 1.17 bits per heavy atom. The van der Waals surface area contributed by atoms with Crippen LogP contribution in [0.4, 0.5) is 5.95 Å². The quantitative estimate of drug-likeness (QED) is 0.890. The van der Waals surface area contributed by atoms with E-state index in [9.17, 15) is 4.79 Å². The second-order valence-corrected chi connectivity index (χ2v) is 6.50. The molecule has 2 aliphatic heterocycles. The number of hydrogen-bond acceptors (Lipinski definition) is 5. The van der Waals surface area contributed by atoms with E-state index >= 15 is 0 Å². The fourth-order valence-electron chi connectivity index (χ4n) is 3.77. The summed E-state index contributed by atoms with van der Waals surface area (Å²) in [5, 5.41) is 9.02. The molecule has 23 heavy (non-hydrogen) atoms. The van der Waals surface area contributed by atoms with Crippen LogP contribution in [0.3, 0.4) is 0 Å². The van der Waals surface area contributed by atoms with Crippen molar-refractivity contribution in [2.75, 3.05) is 31.1 Å². The van der Waals surface area contributed by atoms with Crippen molar-refractivity contribution >= 4 is 11.9 Å². The first kappa shape index (κ1) is 16.2. The molecular formula is C17H26N4O2. The van der Waals surface area contributed by atoms with Crippen LogP contribution in [-0.4, -0.2) is 58.2 Å². The van der Waals surface area contributed by atoms with E-state index in [1.807, 2.05) is 6.07 Å². The van der Waals surface area contributed by atoms with Gasteiger partial charge in [0.1, 0.15) is 0 Å². The fraction of sp³-hybridized carbons (Fsp3) is 0.706. The van der Waals surface area contributed by atoms with E-state index in [1.54, 1.807) is 12.4 Å². The highest BCUT2D eigenvalue weighted by Crippen LogP contribution is 2.28. The van der Waals surface area contributed by atoms with Crippen molar-refractivity contribution in [1.29, 1.82) is 0 Å². The minimum absolute atomic E-state index is 0.129. The number of amides is 1. The molecule has 0 aromatic carbocycles. The van der Waals surface area contributed by atoms with Crippen LogP contribution >= 0.6 is 0 Å². The van der Waals surface area contributed by atoms with Crippen LogP contribution in [0.25, 0.3) is 0 Å². The number of aromatic nitrogens is 2. The number of piperidine rings is 1. The topological polar surface area (TPSA) is 69.6 Å². The lowest BCUT2D eigenvalue weighted by atomic mass is 9.94. The van der Waals surface area contributed by atoms with E-state index in [1.165, 1.54) is 0 Å². The molecule has 1 unspecified atom stereocenters. The van der Waals surface area contributed by atoms with Crippen LogP contribution in [0.1, 0.15) is 38.5 Å². The molecule has 1 amide bonds. The van der Waals surface area contributed by atoms with Gasteiger partial charge in [-0.25, -0.2) is 9.97 Å². The monoisotopic (exact) mass is 318 g/mol. The summed E-state index contributed by atoms with van der Waals surface area (Å²) < 4.78 is 0. The Morgan fingerprint density at radius 2 is 1.91 bits per heavy atom. The third-order valence-corrected chi connectivity index (χ3v) is 5.03. The van der Waals surface area contributed by atoms with Crippen LogP contribution in [0.5, 0.6) is 0 Å². The summed E-state index contributed by atoms with van der Waals surface area (Å²) in [7, 11) is 0. The van der Waals surface area contributed by atoms with Crippen molar-refractivity contribution in [1.82, 2.24) is 14.9 Å². The van der Waals surface area contributed by atoms with Gasteiger partial charge in [-0.3, -0.25) is 4.79 Å². The Balaban J connectivity index is 1.54. The molecule has 1 aromatic rings. The fourth-order valence-corrected chi connectivity index (χ4v) is 3.77. The molecule has 0 bridgehead atoms. The van der Waals surface area contributed by atoms with Crippen LogP contribution in [-0.2, 0) is 4.79 Å². The van der Waals surface area contributed by atoms with Gasteiger partial charge in [-0.05, 0) is 44.6 Å². The lowest BCUT2D eigenvalue weighted by Crippen LogP contribution is -2.44. The van der Waals surface area contributed by atoms with Crippen LogP contribution < -0.4 is 4.90 Å². The molecule has 0 radical (unpaired) electrons. The van der Waals surface area contributed by atoms with E-state index in [0.29, 0.717) is 11.9 Å². The molecule has 3 heterocycles. The average Bonchev–Trinajstić information content (AvgIpc) is 3.08. The van der Waals surface area contributed by atoms with Crippen LogP contribution in [0, 0.1) is 5.92 Å². The minimum Gasteiger partial charge on any atom is -0.396 e. The molecule has 0 saturated carbocycles. The van der Waals surface area contributed by atoms with Gasteiger partial charge in [-0.15, -0.1) is 0 Å². The van der Waals surface area contributed by atoms with Gasteiger partial charge in [0.2, 0.25) is 11.9 Å². The molecule has 0 aliphatic carbocycles. The highest BCUT2D eigenvalue weighted by atomic mass is 16.3. The van der Waals surface area contributed by atoms with E-state index in [2.05, 4.69) is 19.8 Å². The molecule has 1 atom stereocenters. The highest BCUT2D eigenvalue weighted by Gasteiger charge is 2.34. The van der Waals surface area contributed by atoms with Gasteiger partial charge in [0.15, 0.2) is 0 Å². The predicted octanol–water partition coefficient (Wildman–Crippen LogP) is 1.46. The number of aliphatic hydroxyl groups excluding tert-OH is 1. The largest absolute Gasteiger partial charge is 0.396 e. The van der Waals surface area contributed by atoms with Crippen molar-refractivity contribution in [2.24, 2.45) is 5.92 Å². The first-order chi connectivity index (χ1) is 11.3. The minimum atomic E-state index is 0.129. The number of carbonyl (C=O) groups is 1. The Bertz CT molecular complexity index is 503. The second kappa shape index (κ2) is 7.73. The van der Waals surface area contributed by atoms with E-state index in [0.717, 1.165) is 64.1 Å². The average molecular weight is 318 g/mol. The lowest BCUT2D eigenvalue weighted by Gasteiger charge is -2.35. The number of carbonyl (C=O) groups excluding carboxylic acids is 1. The summed E-state index contributed by atoms with van der Waals surface area (Å²) in [6.07, 6.45) is 9.17. The smallest absolute Gasteiger partial charge is 0.226 e. The molecule has 3 rings (SSSR count). The molecule has 1 N–H and O–H groups in total. The molecule has 1 aromatic heterocycles. The standard InChI is InChI=1S/C17H26N4O2/c22-13-2-5-15-4-1-10-21(15)16(23)14-6-11-20(12-7-14)17-18-8-3-9-19-17/h3,8-9,14-15,22H,1-2,4-7,10-13H2. The zero-order valence-electron chi connectivity index (χ0n) is 13.6. The zero-order valence-corrected chi connectivity index (χ0v) is 13.6. The number of hydrogen-bond donors (Lipinski definition) is 1. The van der Waals surface area contributed by atoms with Crippen molar-refractivity contribution in [2.45, 2.75) is 44.6 Å². The Kier molecular flexibility index (Phi) is 5.43. The summed E-state index contributed by atoms with van der Waals surface area (Å²) in [5.74, 6) is 1.21. The summed E-state index contributed by atoms with van der Waals surface area (Å²) >= 11 is 0. The number of aliphatic hydroxyl groups is 1. The molecule has 2 aliphatic rings. The first-order valence-corrected chi connectivity index (χ1v) is 8.73. The highest BCUT2D eigenvalue weighted by molar-refractivity contribution is 5.79. The van der Waals surface area contributed by atoms with Gasteiger partial charge in [0.05, 0.1) is 0 Å². The van der Waals surface area contributed by atoms with E-state index in [-0.39, 0.29) is 12.5 Å². The number of anilines is 1. The molecule has 2 saturated heterocycles. The molecule has 0 spiro atoms. The Morgan fingerprint density at radius 3 is 2.61 bits per heavy atom. The zero-order chi connectivity index (χ0) is 16.1. The molecule has 2 fully saturated rings. The van der Waals surface area contributed by atoms with Gasteiger partial charge in [0.25, 0.3) is 0 Å². The van der Waals surface area contributed by atoms with E-state index < -0.39 is 0 Å². The lowest BCUT2D eigenvalue weighted by molar-refractivity contribution is -0.137. The van der Waals surface area contributed by atoms with Gasteiger partial charge in [-0.1, -0.05) is 0 Å². The van der Waals surface area contributed by atoms with Crippen LogP contribution in [0.2, 0.25) is 0 Å². The van der Waals surface area contributed by atoms with Crippen molar-refractivity contribution < 1.29 is 9.90 Å². The van der Waals surface area contributed by atoms with Crippen molar-refractivity contribution in [3.05, 3.63) is 18.5 Å². The van der Waals surface area contributed by atoms with Gasteiger partial charge in [-0.2, -0.15) is 0 Å². The summed E-state index contributed by atoms with van der Waals surface area (Å²) in [6.45, 7) is 2.79. The number of nitrogens with zero attached hydrogens (tertiary/aromatic N) is 4. The predicted molar refractivity (Wildman–Crippen MR) is 88.0 cm³/mol. The maximum absolute atomic E-state index is 12.8. The summed E-state index contributed by atoms with van der Waals surface area (Å²) in [6, 6.07) is 2.16. The van der Waals surface area contributed by atoms with Crippen LogP contribution in [0.15, 0.2) is 18.5 Å². The van der Waals surface area contributed by atoms with Gasteiger partial charge in [0, 0.05) is 50.6 Å². The van der Waals surface area contributed by atoms with Gasteiger partial charge < -0.3 is 14.9 Å². The maximum atomic E-state index is 12.8. The third-order valence-electron chi connectivity index (χ3n) is 5.03. The SMILES string of the molecule is O=C(C1CCN(c2ncccn2)CC1)N1CCCC1CCCO. The summed E-state index contributed by atoms with van der Waals surface area (Å²) in [5.41, 5.74) is 0. The van der Waals surface area contributed by atoms with Gasteiger partial charge >= 0.3 is 0 Å². The number of likely N-dealkylation sites (tertiary alicyclic amines) is 1. The number of rotatable bonds is 5. The molecule has 126 valence electrons. The molecule has 6 nitrogen and oxygen atoms in total. The Labute approximate surface area is 137 Å². The van der Waals surface area contributed by atoms with Crippen molar-refractivity contribution in [3.8, 4) is 0 Å². The molecule has 6 heteroatoms. The summed E-state index contributed by atoms with van der Waals surface area (Å²) in [4.78, 5) is 25.7. The Hall–Kier alpha value is -1.69. The second-order valence-electron chi connectivity index (χ2n) is 6.50. The normalized spacial score (nSPS) is 22.6. The maximum Gasteiger partial charge on any atom is 0.226 e. The molecular weight excluding hydrogens is 292 g/mol. The third kappa shape index (κ3) is 3.80.